The summed E-state index contributed by atoms with van der Waals surface area (Å²) in [5.74, 6) is -0.519. The van der Waals surface area contributed by atoms with Crippen molar-refractivity contribution >= 4 is 5.78 Å². The van der Waals surface area contributed by atoms with E-state index in [0.717, 1.165) is 5.57 Å². The van der Waals surface area contributed by atoms with Crippen LogP contribution in [0.4, 0.5) is 0 Å². The lowest BCUT2D eigenvalue weighted by Gasteiger charge is -2.19. The van der Waals surface area contributed by atoms with Gasteiger partial charge in [-0.25, -0.2) is 0 Å². The van der Waals surface area contributed by atoms with Gasteiger partial charge in [0.15, 0.2) is 5.78 Å². The first kappa shape index (κ1) is 12.3. The first-order valence-electron chi connectivity index (χ1n) is 4.40. The van der Waals surface area contributed by atoms with Crippen molar-refractivity contribution in [2.45, 2.75) is 39.2 Å². The number of Topliss-reactive ketones (excluding diaryl/α,β-unsaturated/α-hetero) is 1. The highest BCUT2D eigenvalue weighted by Gasteiger charge is 2.27. The van der Waals surface area contributed by atoms with Crippen molar-refractivity contribution in [3.8, 4) is 0 Å². The highest BCUT2D eigenvalue weighted by atomic mass is 16.3. The van der Waals surface area contributed by atoms with E-state index in [-0.39, 0.29) is 0 Å². The van der Waals surface area contributed by atoms with E-state index < -0.39 is 18.0 Å². The molecule has 0 amide bonds. The van der Waals surface area contributed by atoms with Crippen molar-refractivity contribution in [2.75, 3.05) is 6.61 Å². The Balaban J connectivity index is 4.03. The van der Waals surface area contributed by atoms with Gasteiger partial charge in [0.1, 0.15) is 12.2 Å². The molecule has 0 aromatic heterocycles. The molecular weight excluding hydrogens is 168 g/mol. The van der Waals surface area contributed by atoms with Gasteiger partial charge >= 0.3 is 0 Å². The summed E-state index contributed by atoms with van der Waals surface area (Å²) in [5.41, 5.74) is -0.229. The molecule has 3 nitrogen and oxygen atoms in total. The standard InChI is InChI=1S/C10H18O3/c1-8(2)5-4-6-10(3,13)9(12)7-11/h5,11,13H,4,6-7H2,1-3H3/t10-/m1/s1. The summed E-state index contributed by atoms with van der Waals surface area (Å²) in [4.78, 5) is 11.0. The van der Waals surface area contributed by atoms with Gasteiger partial charge in [-0.05, 0) is 33.6 Å². The predicted octanol–water partition coefficient (Wildman–Crippen LogP) is 1.05. The molecule has 1 atom stereocenters. The zero-order valence-corrected chi connectivity index (χ0v) is 8.50. The fourth-order valence-electron chi connectivity index (χ4n) is 0.952. The molecule has 0 aliphatic heterocycles. The lowest BCUT2D eigenvalue weighted by atomic mass is 9.95. The molecule has 0 aliphatic carbocycles. The van der Waals surface area contributed by atoms with Gasteiger partial charge in [-0.3, -0.25) is 4.79 Å². The number of aliphatic hydroxyl groups is 2. The Morgan fingerprint density at radius 3 is 2.38 bits per heavy atom. The summed E-state index contributed by atoms with van der Waals surface area (Å²) in [7, 11) is 0. The van der Waals surface area contributed by atoms with Crippen LogP contribution in [0.2, 0.25) is 0 Å². The molecule has 0 rings (SSSR count). The number of rotatable bonds is 5. The molecule has 76 valence electrons. The Bertz CT molecular complexity index is 200. The molecule has 13 heavy (non-hydrogen) atoms. The minimum atomic E-state index is -1.39. The van der Waals surface area contributed by atoms with Crippen molar-refractivity contribution in [3.63, 3.8) is 0 Å². The van der Waals surface area contributed by atoms with Crippen LogP contribution >= 0.6 is 0 Å². The molecule has 0 saturated carbocycles. The van der Waals surface area contributed by atoms with E-state index in [4.69, 9.17) is 5.11 Å². The summed E-state index contributed by atoms with van der Waals surface area (Å²) < 4.78 is 0. The van der Waals surface area contributed by atoms with Crippen LogP contribution in [0.25, 0.3) is 0 Å². The minimum Gasteiger partial charge on any atom is -0.388 e. The van der Waals surface area contributed by atoms with Crippen LogP contribution in [-0.4, -0.2) is 28.2 Å². The smallest absolute Gasteiger partial charge is 0.189 e. The summed E-state index contributed by atoms with van der Waals surface area (Å²) in [6.45, 7) is 4.76. The van der Waals surface area contributed by atoms with Crippen LogP contribution in [0.5, 0.6) is 0 Å². The van der Waals surface area contributed by atoms with Crippen LogP contribution in [0.3, 0.4) is 0 Å². The average Bonchev–Trinajstić information content (AvgIpc) is 2.01. The van der Waals surface area contributed by atoms with Gasteiger partial charge in [-0.15, -0.1) is 0 Å². The van der Waals surface area contributed by atoms with Crippen LogP contribution in [0.15, 0.2) is 11.6 Å². The summed E-state index contributed by atoms with van der Waals surface area (Å²) in [5, 5.41) is 18.1. The van der Waals surface area contributed by atoms with Gasteiger partial charge in [0.05, 0.1) is 0 Å². The summed E-state index contributed by atoms with van der Waals surface area (Å²) in [6, 6.07) is 0. The van der Waals surface area contributed by atoms with E-state index >= 15 is 0 Å². The molecule has 0 aromatic carbocycles. The quantitative estimate of drug-likeness (QED) is 0.631. The number of aliphatic hydroxyl groups excluding tert-OH is 1. The molecule has 0 spiro atoms. The fraction of sp³-hybridized carbons (Fsp3) is 0.700. The van der Waals surface area contributed by atoms with Gasteiger partial charge in [0.2, 0.25) is 0 Å². The molecule has 3 heteroatoms. The van der Waals surface area contributed by atoms with Crippen LogP contribution in [0.1, 0.15) is 33.6 Å². The van der Waals surface area contributed by atoms with Crippen molar-refractivity contribution in [3.05, 3.63) is 11.6 Å². The third-order valence-electron chi connectivity index (χ3n) is 1.93. The van der Waals surface area contributed by atoms with Crippen molar-refractivity contribution in [1.29, 1.82) is 0 Å². The van der Waals surface area contributed by atoms with Gasteiger partial charge in [0.25, 0.3) is 0 Å². The lowest BCUT2D eigenvalue weighted by molar-refractivity contribution is -0.139. The third-order valence-corrected chi connectivity index (χ3v) is 1.93. The first-order valence-corrected chi connectivity index (χ1v) is 4.40. The van der Waals surface area contributed by atoms with Crippen molar-refractivity contribution in [1.82, 2.24) is 0 Å². The maximum Gasteiger partial charge on any atom is 0.189 e. The summed E-state index contributed by atoms with van der Waals surface area (Å²) >= 11 is 0. The number of hydrogen-bond acceptors (Lipinski definition) is 3. The van der Waals surface area contributed by atoms with Gasteiger partial charge in [-0.1, -0.05) is 11.6 Å². The van der Waals surface area contributed by atoms with E-state index in [1.54, 1.807) is 0 Å². The predicted molar refractivity (Wildman–Crippen MR) is 51.4 cm³/mol. The third kappa shape index (κ3) is 4.80. The molecule has 0 radical (unpaired) electrons. The van der Waals surface area contributed by atoms with Crippen molar-refractivity contribution in [2.24, 2.45) is 0 Å². The second-order valence-electron chi connectivity index (χ2n) is 3.68. The number of hydrogen-bond donors (Lipinski definition) is 2. The lowest BCUT2D eigenvalue weighted by Crippen LogP contribution is -2.37. The van der Waals surface area contributed by atoms with Gasteiger partial charge in [0, 0.05) is 0 Å². The van der Waals surface area contributed by atoms with E-state index in [2.05, 4.69) is 0 Å². The van der Waals surface area contributed by atoms with Gasteiger partial charge < -0.3 is 10.2 Å². The highest BCUT2D eigenvalue weighted by Crippen LogP contribution is 2.14. The van der Waals surface area contributed by atoms with Crippen molar-refractivity contribution < 1.29 is 15.0 Å². The van der Waals surface area contributed by atoms with E-state index in [0.29, 0.717) is 12.8 Å². The topological polar surface area (TPSA) is 57.5 Å². The summed E-state index contributed by atoms with van der Waals surface area (Å²) in [6.07, 6.45) is 2.97. The largest absolute Gasteiger partial charge is 0.388 e. The molecule has 0 heterocycles. The molecule has 0 unspecified atom stereocenters. The molecule has 0 fully saturated rings. The Labute approximate surface area is 79.1 Å². The SMILES string of the molecule is CC(C)=CCC[C@@](C)(O)C(=O)CO. The zero-order chi connectivity index (χ0) is 10.5. The number of carbonyl (C=O) groups is 1. The highest BCUT2D eigenvalue weighted by molar-refractivity contribution is 5.87. The Kier molecular flexibility index (Phi) is 4.88. The maximum atomic E-state index is 11.0. The second kappa shape index (κ2) is 5.14. The van der Waals surface area contributed by atoms with Crippen LogP contribution < -0.4 is 0 Å². The van der Waals surface area contributed by atoms with E-state index in [9.17, 15) is 9.90 Å². The second-order valence-corrected chi connectivity index (χ2v) is 3.68. The van der Waals surface area contributed by atoms with E-state index in [1.165, 1.54) is 6.92 Å². The van der Waals surface area contributed by atoms with Crippen LogP contribution in [-0.2, 0) is 4.79 Å². The Hall–Kier alpha value is -0.670. The fourth-order valence-corrected chi connectivity index (χ4v) is 0.952. The Morgan fingerprint density at radius 1 is 1.46 bits per heavy atom. The normalized spacial score (nSPS) is 14.8. The maximum absolute atomic E-state index is 11.0. The monoisotopic (exact) mass is 186 g/mol. The Morgan fingerprint density at radius 2 is 2.00 bits per heavy atom. The molecule has 0 bridgehead atoms. The van der Waals surface area contributed by atoms with Gasteiger partial charge in [-0.2, -0.15) is 0 Å². The minimum absolute atomic E-state index is 0.359. The number of ketones is 1. The zero-order valence-electron chi connectivity index (χ0n) is 8.50. The number of carbonyl (C=O) groups excluding carboxylic acids is 1. The van der Waals surface area contributed by atoms with E-state index in [1.807, 2.05) is 19.9 Å². The molecule has 0 aromatic rings. The molecule has 0 aliphatic rings. The molecular formula is C10H18O3. The average molecular weight is 186 g/mol. The number of allylic oxidation sites excluding steroid dienone is 2. The molecule has 0 saturated heterocycles. The van der Waals surface area contributed by atoms with Crippen LogP contribution in [0, 0.1) is 0 Å². The molecule has 2 N–H and O–H groups in total. The first-order chi connectivity index (χ1) is 5.90.